The van der Waals surface area contributed by atoms with Crippen LogP contribution in [0.5, 0.6) is 0 Å². The molecule has 4 heteroatoms. The zero-order valence-corrected chi connectivity index (χ0v) is 13.0. The standard InChI is InChI=1S/C19H16N2O2/c1-12-7-13(2)16-9-18(21-17(16)8-12)19(22)23-11-15-5-3-14(10-20)4-6-15/h3-9,21H,11H2,1-2H3. The molecule has 0 amide bonds. The largest absolute Gasteiger partial charge is 0.456 e. The van der Waals surface area contributed by atoms with Gasteiger partial charge in [-0.3, -0.25) is 0 Å². The van der Waals surface area contributed by atoms with Gasteiger partial charge >= 0.3 is 5.97 Å². The molecule has 0 unspecified atom stereocenters. The highest BCUT2D eigenvalue weighted by Crippen LogP contribution is 2.22. The van der Waals surface area contributed by atoms with Crippen molar-refractivity contribution in [2.45, 2.75) is 20.5 Å². The molecule has 0 radical (unpaired) electrons. The molecule has 1 N–H and O–H groups in total. The Morgan fingerprint density at radius 3 is 2.61 bits per heavy atom. The fourth-order valence-electron chi connectivity index (χ4n) is 2.61. The summed E-state index contributed by atoms with van der Waals surface area (Å²) >= 11 is 0. The van der Waals surface area contributed by atoms with E-state index in [1.165, 1.54) is 0 Å². The molecule has 0 spiro atoms. The fraction of sp³-hybridized carbons (Fsp3) is 0.158. The number of aromatic amines is 1. The molecule has 0 atom stereocenters. The molecule has 3 rings (SSSR count). The maximum Gasteiger partial charge on any atom is 0.355 e. The first kappa shape index (κ1) is 14.9. The summed E-state index contributed by atoms with van der Waals surface area (Å²) in [5.41, 5.74) is 5.09. The molecular weight excluding hydrogens is 288 g/mol. The van der Waals surface area contributed by atoms with Gasteiger partial charge in [-0.1, -0.05) is 18.2 Å². The molecule has 0 aliphatic rings. The summed E-state index contributed by atoms with van der Waals surface area (Å²) in [6.45, 7) is 4.23. The van der Waals surface area contributed by atoms with Crippen LogP contribution in [0, 0.1) is 25.2 Å². The van der Waals surface area contributed by atoms with Crippen molar-refractivity contribution in [3.8, 4) is 6.07 Å². The van der Waals surface area contributed by atoms with Gasteiger partial charge in [0.25, 0.3) is 0 Å². The second-order valence-electron chi connectivity index (χ2n) is 5.61. The summed E-state index contributed by atoms with van der Waals surface area (Å²) in [6.07, 6.45) is 0. The van der Waals surface area contributed by atoms with Crippen molar-refractivity contribution < 1.29 is 9.53 Å². The van der Waals surface area contributed by atoms with Crippen molar-refractivity contribution in [2.75, 3.05) is 0 Å². The van der Waals surface area contributed by atoms with E-state index in [0.29, 0.717) is 11.3 Å². The predicted octanol–water partition coefficient (Wildman–Crippen LogP) is 4.01. The van der Waals surface area contributed by atoms with Crippen LogP contribution < -0.4 is 0 Å². The van der Waals surface area contributed by atoms with Gasteiger partial charge in [-0.25, -0.2) is 4.79 Å². The molecule has 2 aromatic carbocycles. The molecule has 1 heterocycles. The summed E-state index contributed by atoms with van der Waals surface area (Å²) in [4.78, 5) is 15.3. The average Bonchev–Trinajstić information content (AvgIpc) is 2.97. The predicted molar refractivity (Wildman–Crippen MR) is 88.0 cm³/mol. The lowest BCUT2D eigenvalue weighted by atomic mass is 10.1. The van der Waals surface area contributed by atoms with Gasteiger partial charge in [0.15, 0.2) is 0 Å². The minimum absolute atomic E-state index is 0.178. The topological polar surface area (TPSA) is 65.9 Å². The van der Waals surface area contributed by atoms with Crippen LogP contribution in [-0.4, -0.2) is 11.0 Å². The molecule has 0 bridgehead atoms. The van der Waals surface area contributed by atoms with E-state index >= 15 is 0 Å². The van der Waals surface area contributed by atoms with E-state index < -0.39 is 0 Å². The number of aromatic nitrogens is 1. The molecule has 0 fully saturated rings. The van der Waals surface area contributed by atoms with Crippen LogP contribution in [-0.2, 0) is 11.3 Å². The molecule has 114 valence electrons. The Labute approximate surface area is 134 Å². The van der Waals surface area contributed by atoms with Crippen molar-refractivity contribution >= 4 is 16.9 Å². The molecule has 4 nitrogen and oxygen atoms in total. The van der Waals surface area contributed by atoms with Crippen LogP contribution >= 0.6 is 0 Å². The summed E-state index contributed by atoms with van der Waals surface area (Å²) in [5, 5.41) is 9.80. The van der Waals surface area contributed by atoms with Crippen LogP contribution in [0.2, 0.25) is 0 Å². The van der Waals surface area contributed by atoms with Crippen molar-refractivity contribution in [3.63, 3.8) is 0 Å². The summed E-state index contributed by atoms with van der Waals surface area (Å²) in [5.74, 6) is -0.386. The minimum Gasteiger partial charge on any atom is -0.456 e. The first-order chi connectivity index (χ1) is 11.1. The van der Waals surface area contributed by atoms with E-state index in [4.69, 9.17) is 10.00 Å². The number of fused-ring (bicyclic) bond motifs is 1. The zero-order valence-electron chi connectivity index (χ0n) is 13.0. The van der Waals surface area contributed by atoms with Crippen LogP contribution in [0.15, 0.2) is 42.5 Å². The molecule has 1 aromatic heterocycles. The second-order valence-corrected chi connectivity index (χ2v) is 5.61. The number of nitrogens with one attached hydrogen (secondary N) is 1. The quantitative estimate of drug-likeness (QED) is 0.743. The fourth-order valence-corrected chi connectivity index (χ4v) is 2.61. The van der Waals surface area contributed by atoms with Crippen molar-refractivity contribution in [1.29, 1.82) is 5.26 Å². The third-order valence-electron chi connectivity index (χ3n) is 3.76. The number of hydrogen-bond donors (Lipinski definition) is 1. The number of nitriles is 1. The third kappa shape index (κ3) is 3.09. The third-order valence-corrected chi connectivity index (χ3v) is 3.76. The molecule has 0 saturated heterocycles. The SMILES string of the molecule is Cc1cc(C)c2cc(C(=O)OCc3ccc(C#N)cc3)[nH]c2c1. The van der Waals surface area contributed by atoms with E-state index in [9.17, 15) is 4.79 Å². The Bertz CT molecular complexity index is 915. The van der Waals surface area contributed by atoms with Crippen molar-refractivity contribution in [3.05, 3.63) is 70.4 Å². The number of nitrogens with zero attached hydrogens (tertiary/aromatic N) is 1. The second kappa shape index (κ2) is 5.98. The Hall–Kier alpha value is -3.06. The van der Waals surface area contributed by atoms with Crippen LogP contribution in [0.3, 0.4) is 0 Å². The number of rotatable bonds is 3. The van der Waals surface area contributed by atoms with Gasteiger partial charge in [0.05, 0.1) is 11.6 Å². The van der Waals surface area contributed by atoms with Crippen LogP contribution in [0.4, 0.5) is 0 Å². The van der Waals surface area contributed by atoms with Crippen LogP contribution in [0.1, 0.15) is 32.7 Å². The number of aryl methyl sites for hydroxylation is 2. The van der Waals surface area contributed by atoms with E-state index in [1.807, 2.05) is 26.0 Å². The lowest BCUT2D eigenvalue weighted by molar-refractivity contribution is 0.0467. The van der Waals surface area contributed by atoms with Gasteiger partial charge in [-0.15, -0.1) is 0 Å². The highest BCUT2D eigenvalue weighted by molar-refractivity contribution is 5.96. The first-order valence-corrected chi connectivity index (χ1v) is 7.33. The maximum absolute atomic E-state index is 12.2. The minimum atomic E-state index is -0.386. The Morgan fingerprint density at radius 1 is 1.17 bits per heavy atom. The summed E-state index contributed by atoms with van der Waals surface area (Å²) in [7, 11) is 0. The number of esters is 1. The monoisotopic (exact) mass is 304 g/mol. The molecule has 0 saturated carbocycles. The maximum atomic E-state index is 12.2. The van der Waals surface area contributed by atoms with E-state index in [-0.39, 0.29) is 12.6 Å². The van der Waals surface area contributed by atoms with Gasteiger partial charge < -0.3 is 9.72 Å². The molecule has 0 aliphatic carbocycles. The zero-order chi connectivity index (χ0) is 16.4. The van der Waals surface area contributed by atoms with Gasteiger partial charge in [-0.2, -0.15) is 5.26 Å². The van der Waals surface area contributed by atoms with Gasteiger partial charge in [-0.05, 0) is 54.8 Å². The number of hydrogen-bond acceptors (Lipinski definition) is 3. The Balaban J connectivity index is 1.75. The van der Waals surface area contributed by atoms with Crippen molar-refractivity contribution in [1.82, 2.24) is 4.98 Å². The highest BCUT2D eigenvalue weighted by Gasteiger charge is 2.12. The number of benzene rings is 2. The smallest absolute Gasteiger partial charge is 0.355 e. The lowest BCUT2D eigenvalue weighted by Gasteiger charge is -2.03. The van der Waals surface area contributed by atoms with Gasteiger partial charge in [0, 0.05) is 10.9 Å². The lowest BCUT2D eigenvalue weighted by Crippen LogP contribution is -2.05. The number of carbonyl (C=O) groups is 1. The average molecular weight is 304 g/mol. The number of H-pyrrole nitrogens is 1. The summed E-state index contributed by atoms with van der Waals surface area (Å²) < 4.78 is 5.33. The van der Waals surface area contributed by atoms with E-state index in [1.54, 1.807) is 24.3 Å². The first-order valence-electron chi connectivity index (χ1n) is 7.33. The molecule has 3 aromatic rings. The van der Waals surface area contributed by atoms with Gasteiger partial charge in [0.1, 0.15) is 12.3 Å². The summed E-state index contributed by atoms with van der Waals surface area (Å²) in [6, 6.07) is 15.0. The van der Waals surface area contributed by atoms with Crippen molar-refractivity contribution in [2.24, 2.45) is 0 Å². The number of carbonyl (C=O) groups excluding carboxylic acids is 1. The Morgan fingerprint density at radius 2 is 1.91 bits per heavy atom. The molecule has 0 aliphatic heterocycles. The highest BCUT2D eigenvalue weighted by atomic mass is 16.5. The van der Waals surface area contributed by atoms with E-state index in [2.05, 4.69) is 17.1 Å². The molecule has 23 heavy (non-hydrogen) atoms. The van der Waals surface area contributed by atoms with Crippen LogP contribution in [0.25, 0.3) is 10.9 Å². The normalized spacial score (nSPS) is 10.5. The van der Waals surface area contributed by atoms with E-state index in [0.717, 1.165) is 27.6 Å². The molecular formula is C19H16N2O2. The number of ether oxygens (including phenoxy) is 1. The van der Waals surface area contributed by atoms with Gasteiger partial charge in [0.2, 0.25) is 0 Å². The Kier molecular flexibility index (Phi) is 3.86.